The average Bonchev–Trinajstić information content (AvgIpc) is 3.44. The van der Waals surface area contributed by atoms with Crippen LogP contribution in [-0.2, 0) is 19.9 Å². The molecule has 0 bridgehead atoms. The molecule has 0 atom stereocenters. The van der Waals surface area contributed by atoms with Crippen LogP contribution < -0.4 is 0 Å². The average molecular weight is 457 g/mol. The van der Waals surface area contributed by atoms with Gasteiger partial charge < -0.3 is 0 Å². The number of rotatable bonds is 6. The fraction of sp³-hybridized carbons (Fsp3) is 0.261. The van der Waals surface area contributed by atoms with E-state index in [2.05, 4.69) is 11.1 Å². The molecule has 6 nitrogen and oxygen atoms in total. The van der Waals surface area contributed by atoms with E-state index in [1.165, 1.54) is 16.2 Å². The monoisotopic (exact) mass is 456 g/mol. The van der Waals surface area contributed by atoms with Crippen molar-refractivity contribution in [3.8, 4) is 0 Å². The predicted octanol–water partition coefficient (Wildman–Crippen LogP) is 4.15. The predicted molar refractivity (Wildman–Crippen MR) is 120 cm³/mol. The van der Waals surface area contributed by atoms with Crippen LogP contribution in [0.3, 0.4) is 0 Å². The van der Waals surface area contributed by atoms with Crippen molar-refractivity contribution in [1.29, 1.82) is 0 Å². The molecule has 0 amide bonds. The second-order valence-electron chi connectivity index (χ2n) is 7.79. The molecule has 3 aromatic rings. The minimum Gasteiger partial charge on any atom is -0.244 e. The van der Waals surface area contributed by atoms with Crippen LogP contribution in [0.2, 0.25) is 0 Å². The first-order valence-corrected chi connectivity index (χ1v) is 13.5. The number of allylic oxidation sites excluding steroid dienone is 1. The van der Waals surface area contributed by atoms with Gasteiger partial charge in [-0.2, -0.15) is 0 Å². The van der Waals surface area contributed by atoms with Crippen molar-refractivity contribution in [3.05, 3.63) is 84.3 Å². The van der Waals surface area contributed by atoms with Crippen molar-refractivity contribution >= 4 is 25.4 Å². The van der Waals surface area contributed by atoms with Crippen LogP contribution in [0.4, 0.5) is 0 Å². The van der Waals surface area contributed by atoms with E-state index in [4.69, 9.17) is 0 Å². The normalized spacial score (nSPS) is 16.0. The Kier molecular flexibility index (Phi) is 5.85. The Bertz CT molecular complexity index is 1300. The molecule has 1 saturated carbocycles. The second-order valence-corrected chi connectivity index (χ2v) is 11.6. The van der Waals surface area contributed by atoms with Crippen LogP contribution in [0, 0.1) is 5.92 Å². The fourth-order valence-corrected chi connectivity index (χ4v) is 5.87. The van der Waals surface area contributed by atoms with E-state index >= 15 is 0 Å². The number of hydrogen-bond donors (Lipinski definition) is 0. The smallest absolute Gasteiger partial charge is 0.244 e. The van der Waals surface area contributed by atoms with Crippen molar-refractivity contribution in [3.63, 3.8) is 0 Å². The van der Waals surface area contributed by atoms with Gasteiger partial charge in [-0.05, 0) is 55.2 Å². The number of nitrogens with zero attached hydrogens (tertiary/aromatic N) is 2. The Labute approximate surface area is 183 Å². The SMILES string of the molecule is CS(=O)(=O)c1ccc(C(=CC2CCCC2)c2cccn2S(=O)(=O)c2ccccc2)cn1. The Morgan fingerprint density at radius 1 is 0.968 bits per heavy atom. The van der Waals surface area contributed by atoms with Gasteiger partial charge in [-0.25, -0.2) is 25.8 Å². The Morgan fingerprint density at radius 2 is 1.68 bits per heavy atom. The van der Waals surface area contributed by atoms with Gasteiger partial charge in [0.1, 0.15) is 0 Å². The molecule has 162 valence electrons. The lowest BCUT2D eigenvalue weighted by atomic mass is 9.97. The highest BCUT2D eigenvalue weighted by molar-refractivity contribution is 7.90. The van der Waals surface area contributed by atoms with Crippen LogP contribution in [0.1, 0.15) is 36.9 Å². The zero-order valence-corrected chi connectivity index (χ0v) is 18.8. The zero-order valence-electron chi connectivity index (χ0n) is 17.2. The standard InChI is InChI=1S/C23H24N2O4S2/c1-30(26,27)23-14-13-19(17-24-23)21(16-18-8-5-6-9-18)22-12-7-15-25(22)31(28,29)20-10-3-2-4-11-20/h2-4,7,10-18H,5-6,8-9H2,1H3. The van der Waals surface area contributed by atoms with Crippen LogP contribution in [-0.4, -0.2) is 32.0 Å². The summed E-state index contributed by atoms with van der Waals surface area (Å²) in [6.45, 7) is 0. The van der Waals surface area contributed by atoms with E-state index in [-0.39, 0.29) is 9.92 Å². The molecule has 1 aromatic carbocycles. The second kappa shape index (κ2) is 8.43. The highest BCUT2D eigenvalue weighted by Gasteiger charge is 2.23. The van der Waals surface area contributed by atoms with Crippen LogP contribution in [0.25, 0.3) is 5.57 Å². The molecule has 1 aliphatic carbocycles. The van der Waals surface area contributed by atoms with Gasteiger partial charge >= 0.3 is 0 Å². The summed E-state index contributed by atoms with van der Waals surface area (Å²) in [6.07, 6.45) is 10.6. The summed E-state index contributed by atoms with van der Waals surface area (Å²) in [5, 5.41) is -0.0104. The minimum atomic E-state index is -3.78. The summed E-state index contributed by atoms with van der Waals surface area (Å²) in [7, 11) is -7.21. The summed E-state index contributed by atoms with van der Waals surface area (Å²) in [5.41, 5.74) is 1.95. The molecule has 0 aliphatic heterocycles. The first-order valence-electron chi connectivity index (χ1n) is 10.1. The maximum atomic E-state index is 13.3. The van der Waals surface area contributed by atoms with E-state index in [0.717, 1.165) is 37.5 Å². The molecule has 1 fully saturated rings. The van der Waals surface area contributed by atoms with Gasteiger partial charge in [-0.1, -0.05) is 37.1 Å². The van der Waals surface area contributed by atoms with Gasteiger partial charge in [-0.3, -0.25) is 0 Å². The van der Waals surface area contributed by atoms with Gasteiger partial charge in [0, 0.05) is 29.8 Å². The van der Waals surface area contributed by atoms with Gasteiger partial charge in [-0.15, -0.1) is 0 Å². The van der Waals surface area contributed by atoms with Crippen molar-refractivity contribution in [2.24, 2.45) is 5.92 Å². The summed E-state index contributed by atoms with van der Waals surface area (Å²) in [6, 6.07) is 14.9. The Hall–Kier alpha value is -2.71. The fourth-order valence-electron chi connectivity index (χ4n) is 3.94. The molecule has 8 heteroatoms. The largest absolute Gasteiger partial charge is 0.268 e. The molecule has 1 aliphatic rings. The molecule has 0 N–H and O–H groups in total. The summed E-state index contributed by atoms with van der Waals surface area (Å²) in [5.74, 6) is 0.340. The van der Waals surface area contributed by atoms with Crippen molar-refractivity contribution in [2.45, 2.75) is 35.6 Å². The number of sulfone groups is 1. The Balaban J connectivity index is 1.84. The zero-order chi connectivity index (χ0) is 22.1. The van der Waals surface area contributed by atoms with Gasteiger partial charge in [0.15, 0.2) is 14.9 Å². The van der Waals surface area contributed by atoms with Crippen LogP contribution in [0.5, 0.6) is 0 Å². The van der Waals surface area contributed by atoms with Gasteiger partial charge in [0.05, 0.1) is 10.6 Å². The summed E-state index contributed by atoms with van der Waals surface area (Å²) >= 11 is 0. The van der Waals surface area contributed by atoms with Crippen molar-refractivity contribution in [1.82, 2.24) is 8.96 Å². The first kappa shape index (κ1) is 21.5. The minimum absolute atomic E-state index is 0.0104. The molecule has 0 saturated heterocycles. The molecular formula is C23H24N2O4S2. The third-order valence-electron chi connectivity index (χ3n) is 5.52. The quantitative estimate of drug-likeness (QED) is 0.556. The summed E-state index contributed by atoms with van der Waals surface area (Å²) in [4.78, 5) is 4.32. The highest BCUT2D eigenvalue weighted by Crippen LogP contribution is 2.33. The van der Waals surface area contributed by atoms with Gasteiger partial charge in [0.2, 0.25) is 0 Å². The molecule has 0 spiro atoms. The molecule has 0 radical (unpaired) electrons. The van der Waals surface area contributed by atoms with E-state index in [1.807, 2.05) is 0 Å². The maximum Gasteiger partial charge on any atom is 0.268 e. The van der Waals surface area contributed by atoms with Crippen LogP contribution in [0.15, 0.2) is 83.0 Å². The lowest BCUT2D eigenvalue weighted by molar-refractivity contribution is 0.587. The number of aromatic nitrogens is 2. The third kappa shape index (κ3) is 4.50. The van der Waals surface area contributed by atoms with Gasteiger partial charge in [0.25, 0.3) is 10.0 Å². The number of benzene rings is 1. The lowest BCUT2D eigenvalue weighted by Crippen LogP contribution is -2.15. The molecule has 2 heterocycles. The molecule has 4 rings (SSSR count). The molecule has 31 heavy (non-hydrogen) atoms. The van der Waals surface area contributed by atoms with Crippen molar-refractivity contribution in [2.75, 3.05) is 6.26 Å². The maximum absolute atomic E-state index is 13.3. The van der Waals surface area contributed by atoms with E-state index in [0.29, 0.717) is 17.2 Å². The number of hydrogen-bond acceptors (Lipinski definition) is 5. The number of pyridine rings is 1. The molecular weight excluding hydrogens is 432 g/mol. The third-order valence-corrected chi connectivity index (χ3v) is 8.22. The van der Waals surface area contributed by atoms with E-state index in [1.54, 1.807) is 54.7 Å². The summed E-state index contributed by atoms with van der Waals surface area (Å²) < 4.78 is 51.5. The first-order chi connectivity index (χ1) is 14.8. The van der Waals surface area contributed by atoms with E-state index in [9.17, 15) is 16.8 Å². The Morgan fingerprint density at radius 3 is 2.29 bits per heavy atom. The highest BCUT2D eigenvalue weighted by atomic mass is 32.2. The van der Waals surface area contributed by atoms with Crippen molar-refractivity contribution < 1.29 is 16.8 Å². The lowest BCUT2D eigenvalue weighted by Gasteiger charge is -2.15. The molecule has 2 aromatic heterocycles. The molecule has 0 unspecified atom stereocenters. The van der Waals surface area contributed by atoms with E-state index < -0.39 is 19.9 Å². The topological polar surface area (TPSA) is 86.1 Å². The van der Waals surface area contributed by atoms with Crippen LogP contribution >= 0.6 is 0 Å².